The molecule has 2 aromatic heterocycles. The first-order valence-electron chi connectivity index (χ1n) is 7.82. The highest BCUT2D eigenvalue weighted by Gasteiger charge is 2.16. The number of aromatic nitrogens is 2. The molecule has 0 fully saturated rings. The van der Waals surface area contributed by atoms with Gasteiger partial charge in [-0.1, -0.05) is 12.1 Å². The summed E-state index contributed by atoms with van der Waals surface area (Å²) >= 11 is 2.97. The second kappa shape index (κ2) is 6.93. The van der Waals surface area contributed by atoms with Crippen LogP contribution in [0.1, 0.15) is 10.5 Å². The number of thiazole rings is 1. The summed E-state index contributed by atoms with van der Waals surface area (Å²) in [5.74, 6) is -0.483. The van der Waals surface area contributed by atoms with E-state index in [0.717, 1.165) is 16.1 Å². The maximum absolute atomic E-state index is 13.1. The predicted octanol–water partition coefficient (Wildman–Crippen LogP) is 5.18. The lowest BCUT2D eigenvalue weighted by Crippen LogP contribution is -2.14. The number of hydrogen-bond acceptors (Lipinski definition) is 4. The lowest BCUT2D eigenvalue weighted by molar-refractivity contribution is 0.102. The fourth-order valence-electron chi connectivity index (χ4n) is 2.64. The van der Waals surface area contributed by atoms with E-state index in [1.54, 1.807) is 39.9 Å². The minimum atomic E-state index is -0.290. The van der Waals surface area contributed by atoms with E-state index in [-0.39, 0.29) is 11.7 Å². The van der Waals surface area contributed by atoms with Crippen LogP contribution in [0.15, 0.2) is 65.0 Å². The number of halogens is 1. The van der Waals surface area contributed by atoms with Gasteiger partial charge in [0.25, 0.3) is 5.91 Å². The first-order valence-corrected chi connectivity index (χ1v) is 9.93. The number of carbonyl (C=O) groups excluding carboxylic acids is 1. The smallest absolute Gasteiger partial charge is 0.273 e. The molecule has 0 aliphatic carbocycles. The van der Waals surface area contributed by atoms with Crippen LogP contribution in [-0.4, -0.2) is 21.5 Å². The van der Waals surface area contributed by atoms with E-state index < -0.39 is 0 Å². The number of carbonyl (C=O) groups is 1. The number of nitrogens with one attached hydrogen (secondary N) is 1. The standard InChI is InChI=1S/C19H14FN3OS2/c1-25-17-5-3-2-4-14(17)21-18(24)16-11-26-19-22-15(10-23(16)19)12-6-8-13(20)9-7-12/h2-11H,1H3,(H,21,24). The van der Waals surface area contributed by atoms with Gasteiger partial charge in [0.05, 0.1) is 11.4 Å². The minimum absolute atomic E-state index is 0.194. The quantitative estimate of drug-likeness (QED) is 0.494. The third-order valence-electron chi connectivity index (χ3n) is 3.94. The summed E-state index contributed by atoms with van der Waals surface area (Å²) in [6.07, 6.45) is 3.77. The lowest BCUT2D eigenvalue weighted by Gasteiger charge is -2.08. The molecule has 0 radical (unpaired) electrons. The van der Waals surface area contributed by atoms with E-state index in [9.17, 15) is 9.18 Å². The summed E-state index contributed by atoms with van der Waals surface area (Å²) in [6.45, 7) is 0. The fourth-order valence-corrected chi connectivity index (χ4v) is 4.05. The Bertz CT molecular complexity index is 1090. The van der Waals surface area contributed by atoms with Gasteiger partial charge < -0.3 is 5.32 Å². The van der Waals surface area contributed by atoms with E-state index in [4.69, 9.17) is 0 Å². The van der Waals surface area contributed by atoms with Gasteiger partial charge in [0.1, 0.15) is 11.5 Å². The molecule has 1 amide bonds. The van der Waals surface area contributed by atoms with Crippen LogP contribution in [0.2, 0.25) is 0 Å². The number of fused-ring (bicyclic) bond motifs is 1. The fraction of sp³-hybridized carbons (Fsp3) is 0.0526. The molecule has 130 valence electrons. The molecule has 0 atom stereocenters. The molecule has 1 N–H and O–H groups in total. The summed E-state index contributed by atoms with van der Waals surface area (Å²) in [6, 6.07) is 13.8. The number of imidazole rings is 1. The Kier molecular flexibility index (Phi) is 4.48. The molecule has 0 bridgehead atoms. The van der Waals surface area contributed by atoms with Crippen LogP contribution in [0.4, 0.5) is 10.1 Å². The molecule has 2 heterocycles. The van der Waals surface area contributed by atoms with Crippen LogP contribution in [0, 0.1) is 5.82 Å². The number of anilines is 1. The Hall–Kier alpha value is -2.64. The number of nitrogens with zero attached hydrogens (tertiary/aromatic N) is 2. The summed E-state index contributed by atoms with van der Waals surface area (Å²) in [4.78, 5) is 19.0. The summed E-state index contributed by atoms with van der Waals surface area (Å²) in [7, 11) is 0. The predicted molar refractivity (Wildman–Crippen MR) is 105 cm³/mol. The molecule has 0 aliphatic heterocycles. The molecule has 7 heteroatoms. The van der Waals surface area contributed by atoms with Crippen molar-refractivity contribution < 1.29 is 9.18 Å². The zero-order valence-corrected chi connectivity index (χ0v) is 15.4. The highest BCUT2D eigenvalue weighted by Crippen LogP contribution is 2.27. The molecular formula is C19H14FN3OS2. The van der Waals surface area contributed by atoms with E-state index in [2.05, 4.69) is 10.3 Å². The minimum Gasteiger partial charge on any atom is -0.320 e. The molecule has 4 aromatic rings. The van der Waals surface area contributed by atoms with Crippen molar-refractivity contribution in [2.75, 3.05) is 11.6 Å². The van der Waals surface area contributed by atoms with E-state index in [1.165, 1.54) is 23.5 Å². The molecule has 0 aliphatic rings. The van der Waals surface area contributed by atoms with Crippen molar-refractivity contribution in [1.82, 2.24) is 9.38 Å². The molecule has 4 nitrogen and oxygen atoms in total. The first-order chi connectivity index (χ1) is 12.7. The maximum Gasteiger partial charge on any atom is 0.273 e. The van der Waals surface area contributed by atoms with Crippen molar-refractivity contribution >= 4 is 39.7 Å². The van der Waals surface area contributed by atoms with E-state index >= 15 is 0 Å². The van der Waals surface area contributed by atoms with Crippen LogP contribution in [0.5, 0.6) is 0 Å². The van der Waals surface area contributed by atoms with Crippen molar-refractivity contribution in [3.05, 3.63) is 71.6 Å². The van der Waals surface area contributed by atoms with Gasteiger partial charge in [0, 0.05) is 22.0 Å². The van der Waals surface area contributed by atoms with Gasteiger partial charge in [-0.3, -0.25) is 9.20 Å². The van der Waals surface area contributed by atoms with Gasteiger partial charge in [0.2, 0.25) is 0 Å². The molecule has 0 unspecified atom stereocenters. The Morgan fingerprint density at radius 3 is 2.73 bits per heavy atom. The second-order valence-electron chi connectivity index (χ2n) is 5.56. The first kappa shape index (κ1) is 16.8. The van der Waals surface area contributed by atoms with Crippen LogP contribution in [0.25, 0.3) is 16.2 Å². The van der Waals surface area contributed by atoms with Crippen molar-refractivity contribution in [2.45, 2.75) is 4.90 Å². The number of thioether (sulfide) groups is 1. The highest BCUT2D eigenvalue weighted by molar-refractivity contribution is 7.98. The van der Waals surface area contributed by atoms with Gasteiger partial charge in [-0.05, 0) is 42.7 Å². The Morgan fingerprint density at radius 2 is 1.96 bits per heavy atom. The van der Waals surface area contributed by atoms with Crippen molar-refractivity contribution in [2.24, 2.45) is 0 Å². The Labute approximate surface area is 157 Å². The highest BCUT2D eigenvalue weighted by atomic mass is 32.2. The Morgan fingerprint density at radius 1 is 1.19 bits per heavy atom. The third kappa shape index (κ3) is 3.11. The summed E-state index contributed by atoms with van der Waals surface area (Å²) < 4.78 is 14.9. The molecule has 0 saturated carbocycles. The normalized spacial score (nSPS) is 11.0. The monoisotopic (exact) mass is 383 g/mol. The third-order valence-corrected chi connectivity index (χ3v) is 5.57. The average molecular weight is 383 g/mol. The van der Waals surface area contributed by atoms with Gasteiger partial charge in [-0.25, -0.2) is 9.37 Å². The molecule has 2 aromatic carbocycles. The van der Waals surface area contributed by atoms with Crippen LogP contribution in [-0.2, 0) is 0 Å². The van der Waals surface area contributed by atoms with Crippen LogP contribution < -0.4 is 5.32 Å². The van der Waals surface area contributed by atoms with Gasteiger partial charge in [0.15, 0.2) is 4.96 Å². The van der Waals surface area contributed by atoms with E-state index in [0.29, 0.717) is 16.3 Å². The number of para-hydroxylation sites is 1. The zero-order chi connectivity index (χ0) is 18.1. The van der Waals surface area contributed by atoms with Crippen LogP contribution >= 0.6 is 23.1 Å². The number of rotatable bonds is 4. The van der Waals surface area contributed by atoms with Gasteiger partial charge in [-0.15, -0.1) is 23.1 Å². The summed E-state index contributed by atoms with van der Waals surface area (Å²) in [5, 5.41) is 4.75. The van der Waals surface area contributed by atoms with Gasteiger partial charge in [-0.2, -0.15) is 0 Å². The Balaban J connectivity index is 1.66. The number of amides is 1. The van der Waals surface area contributed by atoms with Crippen molar-refractivity contribution in [3.8, 4) is 11.3 Å². The largest absolute Gasteiger partial charge is 0.320 e. The number of benzene rings is 2. The molecule has 0 spiro atoms. The molecule has 0 saturated heterocycles. The average Bonchev–Trinajstić information content (AvgIpc) is 3.23. The molecule has 4 rings (SSSR count). The topological polar surface area (TPSA) is 46.4 Å². The number of hydrogen-bond donors (Lipinski definition) is 1. The van der Waals surface area contributed by atoms with E-state index in [1.807, 2.05) is 30.5 Å². The lowest BCUT2D eigenvalue weighted by atomic mass is 10.2. The van der Waals surface area contributed by atoms with Crippen molar-refractivity contribution in [1.29, 1.82) is 0 Å². The maximum atomic E-state index is 13.1. The SMILES string of the molecule is CSc1ccccc1NC(=O)c1csc2nc(-c3ccc(F)cc3)cn12. The zero-order valence-electron chi connectivity index (χ0n) is 13.8. The van der Waals surface area contributed by atoms with Gasteiger partial charge >= 0.3 is 0 Å². The molecular weight excluding hydrogens is 369 g/mol. The van der Waals surface area contributed by atoms with Crippen LogP contribution in [0.3, 0.4) is 0 Å². The second-order valence-corrected chi connectivity index (χ2v) is 7.25. The summed E-state index contributed by atoms with van der Waals surface area (Å²) in [5.41, 5.74) is 2.81. The van der Waals surface area contributed by atoms with Crippen molar-refractivity contribution in [3.63, 3.8) is 0 Å². The molecule has 26 heavy (non-hydrogen) atoms.